The lowest BCUT2D eigenvalue weighted by molar-refractivity contribution is 0.887. The Morgan fingerprint density at radius 1 is 0.625 bits per heavy atom. The molecule has 2 aromatic carbocycles. The molecule has 1 heteroatoms. The van der Waals surface area contributed by atoms with E-state index in [-0.39, 0.29) is 0 Å². The quantitative estimate of drug-likeness (QED) is 0.629. The highest BCUT2D eigenvalue weighted by Gasteiger charge is 2.27. The fraction of sp³-hybridized carbons (Fsp3) is 0.261. The van der Waals surface area contributed by atoms with Crippen LogP contribution in [0.15, 0.2) is 71.8 Å². The Morgan fingerprint density at radius 2 is 1.08 bits per heavy atom. The molecule has 2 aromatic rings. The third-order valence-electron chi connectivity index (χ3n) is 4.71. The van der Waals surface area contributed by atoms with E-state index in [0.717, 1.165) is 6.42 Å². The molecule has 0 bridgehead atoms. The molecule has 0 saturated carbocycles. The second-order valence-corrected chi connectivity index (χ2v) is 7.12. The second kappa shape index (κ2) is 7.72. The Kier molecular flexibility index (Phi) is 5.42. The van der Waals surface area contributed by atoms with Gasteiger partial charge in [0.25, 0.3) is 0 Å². The first-order valence-electron chi connectivity index (χ1n) is 9.05. The van der Waals surface area contributed by atoms with Crippen LogP contribution in [0.2, 0.25) is 0 Å². The zero-order valence-corrected chi connectivity index (χ0v) is 16.2. The predicted molar refractivity (Wildman–Crippen MR) is 110 cm³/mol. The van der Waals surface area contributed by atoms with E-state index in [1.807, 2.05) is 0 Å². The van der Waals surface area contributed by atoms with E-state index < -0.39 is 0 Å². The van der Waals surface area contributed by atoms with Crippen molar-refractivity contribution in [2.75, 3.05) is 0 Å². The second-order valence-electron chi connectivity index (χ2n) is 6.42. The van der Waals surface area contributed by atoms with Gasteiger partial charge in [0, 0.05) is 0 Å². The molecule has 0 heterocycles. The summed E-state index contributed by atoms with van der Waals surface area (Å²) in [6.07, 6.45) is 4.74. The number of rotatable bonds is 6. The molecule has 0 saturated heterocycles. The molecule has 0 fully saturated rings. The van der Waals surface area contributed by atoms with Gasteiger partial charge in [0.1, 0.15) is 0 Å². The Labute approximate surface area is 149 Å². The highest BCUT2D eigenvalue weighted by molar-refractivity contribution is 6.63. The number of allylic oxidation sites excluding steroid dienone is 4. The van der Waals surface area contributed by atoms with Crippen LogP contribution in [0.5, 0.6) is 0 Å². The van der Waals surface area contributed by atoms with E-state index in [0.29, 0.717) is 0 Å². The molecule has 0 atom stereocenters. The van der Waals surface area contributed by atoms with Crippen LogP contribution in [0.25, 0.3) is 11.1 Å². The lowest BCUT2D eigenvalue weighted by Gasteiger charge is -2.13. The first-order chi connectivity index (χ1) is 11.8. The van der Waals surface area contributed by atoms with Crippen molar-refractivity contribution in [2.24, 2.45) is 0 Å². The van der Waals surface area contributed by atoms with Crippen molar-refractivity contribution in [1.29, 1.82) is 0 Å². The molecule has 122 valence electrons. The highest BCUT2D eigenvalue weighted by atomic mass is 28.1. The van der Waals surface area contributed by atoms with Gasteiger partial charge in [-0.15, -0.1) is 0 Å². The zero-order chi connectivity index (χ0) is 16.9. The van der Waals surface area contributed by atoms with Crippen LogP contribution in [-0.2, 0) is 0 Å². The smallest absolute Gasteiger partial charge is 0.00688 e. The number of benzene rings is 2. The molecule has 0 spiro atoms. The molecule has 0 unspecified atom stereocenters. The normalized spacial score (nSPS) is 14.7. The summed E-state index contributed by atoms with van der Waals surface area (Å²) in [6, 6.07) is 21.9. The van der Waals surface area contributed by atoms with Crippen LogP contribution in [-0.4, -0.2) is 15.0 Å². The Bertz CT molecular complexity index is 779. The molecule has 1 aliphatic carbocycles. The largest absolute Gasteiger partial charge is 0.0651 e. The molecule has 1 aliphatic rings. The van der Waals surface area contributed by atoms with Gasteiger partial charge in [-0.3, -0.25) is 0 Å². The molecular weight excluding hydrogens is 304 g/mol. The van der Waals surface area contributed by atoms with E-state index in [1.165, 1.54) is 46.7 Å². The van der Waals surface area contributed by atoms with E-state index in [4.69, 9.17) is 0 Å². The minimum atomic E-state index is 1.16. The van der Waals surface area contributed by atoms with E-state index in [1.54, 1.807) is 11.1 Å². The van der Waals surface area contributed by atoms with Crippen LogP contribution in [0.3, 0.4) is 0 Å². The number of hydrogen-bond donors (Lipinski definition) is 0. The van der Waals surface area contributed by atoms with Gasteiger partial charge in [-0.1, -0.05) is 87.4 Å². The summed E-state index contributed by atoms with van der Waals surface area (Å²) in [7, 11) is 2.08. The van der Waals surface area contributed by atoms with Gasteiger partial charge in [-0.25, -0.2) is 0 Å². The van der Waals surface area contributed by atoms with Crippen LogP contribution in [0.1, 0.15) is 50.7 Å². The van der Waals surface area contributed by atoms with Crippen molar-refractivity contribution in [3.63, 3.8) is 0 Å². The van der Waals surface area contributed by atoms with Gasteiger partial charge in [-0.05, 0) is 61.3 Å². The molecule has 0 aliphatic heterocycles. The monoisotopic (exact) mass is 330 g/mol. The van der Waals surface area contributed by atoms with E-state index in [9.17, 15) is 0 Å². The lowest BCUT2D eigenvalue weighted by atomic mass is 9.91. The van der Waals surface area contributed by atoms with Gasteiger partial charge in [0.15, 0.2) is 0 Å². The first kappa shape index (κ1) is 16.9. The van der Waals surface area contributed by atoms with Gasteiger partial charge >= 0.3 is 0 Å². The third-order valence-corrected chi connectivity index (χ3v) is 5.49. The molecule has 0 amide bonds. The van der Waals surface area contributed by atoms with Crippen molar-refractivity contribution in [2.45, 2.75) is 39.5 Å². The standard InChI is InChI=1S/C23H26Si/c1-3-11-19-20(12-4-2)23(24)22(18-15-9-6-10-16-18)21(19)17-13-7-5-8-14-17/h5-10,13-16H,3-4,11-12,24H2,1-2H3. The lowest BCUT2D eigenvalue weighted by Crippen LogP contribution is -2.03. The van der Waals surface area contributed by atoms with Crippen molar-refractivity contribution in [3.8, 4) is 0 Å². The average molecular weight is 331 g/mol. The van der Waals surface area contributed by atoms with Gasteiger partial charge in [-0.2, -0.15) is 0 Å². The fourth-order valence-corrected chi connectivity index (χ4v) is 4.48. The van der Waals surface area contributed by atoms with Crippen LogP contribution >= 0.6 is 0 Å². The topological polar surface area (TPSA) is 0 Å². The van der Waals surface area contributed by atoms with Crippen molar-refractivity contribution in [1.82, 2.24) is 0 Å². The number of hydrogen-bond acceptors (Lipinski definition) is 0. The summed E-state index contributed by atoms with van der Waals surface area (Å²) in [6.45, 7) is 4.58. The van der Waals surface area contributed by atoms with Crippen molar-refractivity contribution in [3.05, 3.63) is 82.9 Å². The average Bonchev–Trinajstić information content (AvgIpc) is 2.90. The first-order valence-corrected chi connectivity index (χ1v) is 9.75. The Hall–Kier alpha value is -1.99. The van der Waals surface area contributed by atoms with Crippen LogP contribution in [0, 0.1) is 0 Å². The minimum absolute atomic E-state index is 1.16. The SMILES string of the molecule is CCCC1=C(CCC)C(c2ccccc2)=C(c2ccccc2)C1=[SiH2]. The molecule has 24 heavy (non-hydrogen) atoms. The van der Waals surface area contributed by atoms with Gasteiger partial charge in [0.2, 0.25) is 0 Å². The predicted octanol–water partition coefficient (Wildman–Crippen LogP) is 5.31. The third kappa shape index (κ3) is 3.14. The van der Waals surface area contributed by atoms with Crippen LogP contribution in [0.4, 0.5) is 0 Å². The van der Waals surface area contributed by atoms with Crippen molar-refractivity contribution < 1.29 is 0 Å². The molecule has 0 radical (unpaired) electrons. The summed E-state index contributed by atoms with van der Waals surface area (Å²) in [5.41, 5.74) is 8.80. The van der Waals surface area contributed by atoms with E-state index >= 15 is 0 Å². The van der Waals surface area contributed by atoms with Crippen molar-refractivity contribution >= 4 is 26.2 Å². The molecule has 0 N–H and O–H groups in total. The van der Waals surface area contributed by atoms with E-state index in [2.05, 4.69) is 84.4 Å². The molecule has 3 rings (SSSR count). The summed E-state index contributed by atoms with van der Waals surface area (Å²) in [4.78, 5) is 0. The molecule has 0 aromatic heterocycles. The summed E-state index contributed by atoms with van der Waals surface area (Å²) in [5.74, 6) is 0. The summed E-state index contributed by atoms with van der Waals surface area (Å²) < 4.78 is 0. The summed E-state index contributed by atoms with van der Waals surface area (Å²) in [5, 5.41) is 1.50. The van der Waals surface area contributed by atoms with Gasteiger partial charge < -0.3 is 0 Å². The fourth-order valence-electron chi connectivity index (χ4n) is 3.71. The zero-order valence-electron chi connectivity index (χ0n) is 14.8. The Balaban J connectivity index is 2.25. The molecule has 0 nitrogen and oxygen atoms in total. The molecular formula is C23H26Si. The highest BCUT2D eigenvalue weighted by Crippen LogP contribution is 2.44. The maximum atomic E-state index is 2.29. The van der Waals surface area contributed by atoms with Crippen LogP contribution < -0.4 is 0 Å². The maximum absolute atomic E-state index is 2.29. The maximum Gasteiger partial charge on any atom is -0.00688 e. The Morgan fingerprint density at radius 3 is 1.58 bits per heavy atom. The van der Waals surface area contributed by atoms with Gasteiger partial charge in [0.05, 0.1) is 0 Å². The summed E-state index contributed by atoms with van der Waals surface area (Å²) >= 11 is 0. The minimum Gasteiger partial charge on any atom is -0.0651 e.